The van der Waals surface area contributed by atoms with E-state index in [4.69, 9.17) is 9.68 Å². The van der Waals surface area contributed by atoms with Crippen molar-refractivity contribution < 1.29 is 9.68 Å². The average molecular weight is 115 g/mol. The van der Waals surface area contributed by atoms with E-state index in [1.54, 1.807) is 0 Å². The van der Waals surface area contributed by atoms with Crippen LogP contribution in [0.5, 0.6) is 0 Å². The second kappa shape index (κ2) is 3.07. The van der Waals surface area contributed by atoms with Gasteiger partial charge in [0.1, 0.15) is 0 Å². The first-order valence-corrected chi connectivity index (χ1v) is 2.89. The van der Waals surface area contributed by atoms with Crippen molar-refractivity contribution in [1.29, 1.82) is 0 Å². The summed E-state index contributed by atoms with van der Waals surface area (Å²) in [6.45, 7) is 1.02. The Morgan fingerprint density at radius 3 is 3.12 bits per heavy atom. The third-order valence-electron chi connectivity index (χ3n) is 1.29. The van der Waals surface area contributed by atoms with E-state index in [0.29, 0.717) is 0 Å². The zero-order chi connectivity index (χ0) is 5.82. The van der Waals surface area contributed by atoms with E-state index in [0.717, 1.165) is 19.4 Å². The van der Waals surface area contributed by atoms with Gasteiger partial charge in [-0.05, 0) is 19.4 Å². The molecule has 46 valence electrons. The quantitative estimate of drug-likeness (QED) is 0.452. The zero-order valence-electron chi connectivity index (χ0n) is 4.76. The molecule has 1 saturated heterocycles. The molecule has 0 amide bonds. The van der Waals surface area contributed by atoms with Gasteiger partial charge in [-0.2, -0.15) is 0 Å². The van der Waals surface area contributed by atoms with Crippen LogP contribution < -0.4 is 5.32 Å². The van der Waals surface area contributed by atoms with E-state index >= 15 is 0 Å². The van der Waals surface area contributed by atoms with E-state index in [1.165, 1.54) is 0 Å². The summed E-state index contributed by atoms with van der Waals surface area (Å²) in [5, 5.41) is 11.3. The molecule has 1 heterocycles. The van der Waals surface area contributed by atoms with Crippen molar-refractivity contribution in [3.8, 4) is 0 Å². The number of rotatable bonds is 2. The van der Waals surface area contributed by atoms with Crippen LogP contribution in [0.1, 0.15) is 12.8 Å². The molecule has 0 unspecified atom stereocenters. The maximum absolute atomic E-state index is 8.26. The molecule has 8 heavy (non-hydrogen) atoms. The van der Waals surface area contributed by atoms with Gasteiger partial charge in [-0.1, -0.05) is 0 Å². The summed E-state index contributed by atoms with van der Waals surface area (Å²) in [6, 6.07) is 0. The van der Waals surface area contributed by atoms with Gasteiger partial charge in [-0.3, -0.25) is 5.32 Å². The number of hydrogen-bond acceptors (Lipinski definition) is 3. The van der Waals surface area contributed by atoms with Crippen molar-refractivity contribution in [1.82, 2.24) is 5.32 Å². The van der Waals surface area contributed by atoms with Crippen molar-refractivity contribution in [2.45, 2.75) is 19.1 Å². The molecule has 0 spiro atoms. The maximum Gasteiger partial charge on any atom is 0.436 e. The lowest BCUT2D eigenvalue weighted by Crippen LogP contribution is -2.25. The van der Waals surface area contributed by atoms with Crippen molar-refractivity contribution in [3.63, 3.8) is 0 Å². The van der Waals surface area contributed by atoms with Gasteiger partial charge in [-0.15, -0.1) is 0 Å². The van der Waals surface area contributed by atoms with Gasteiger partial charge in [0.15, 0.2) is 0 Å². The molecule has 1 atom stereocenters. The molecule has 0 bridgehead atoms. The third kappa shape index (κ3) is 1.47. The summed E-state index contributed by atoms with van der Waals surface area (Å²) in [5.74, 6) is 0. The molecule has 2 N–H and O–H groups in total. The van der Waals surface area contributed by atoms with Crippen molar-refractivity contribution in [3.05, 3.63) is 0 Å². The van der Waals surface area contributed by atoms with Crippen LogP contribution in [0.4, 0.5) is 0 Å². The van der Waals surface area contributed by atoms with Crippen LogP contribution in [0.3, 0.4) is 0 Å². The van der Waals surface area contributed by atoms with Gasteiger partial charge in [0.2, 0.25) is 0 Å². The first-order valence-electron chi connectivity index (χ1n) is 2.89. The van der Waals surface area contributed by atoms with E-state index in [9.17, 15) is 0 Å². The lowest BCUT2D eigenvalue weighted by Gasteiger charge is -2.06. The first-order chi connectivity index (χ1) is 3.93. The predicted octanol–water partition coefficient (Wildman–Crippen LogP) is -1.03. The molecule has 0 aromatic rings. The van der Waals surface area contributed by atoms with E-state index < -0.39 is 0 Å². The fraction of sp³-hybridized carbons (Fsp3) is 1.00. The van der Waals surface area contributed by atoms with Crippen LogP contribution in [-0.2, 0) is 4.65 Å². The monoisotopic (exact) mass is 115 g/mol. The Bertz CT molecular complexity index is 65.1. The first kappa shape index (κ1) is 6.07. The highest BCUT2D eigenvalue weighted by atomic mass is 16.5. The van der Waals surface area contributed by atoms with Crippen molar-refractivity contribution in [2.24, 2.45) is 0 Å². The van der Waals surface area contributed by atoms with Gasteiger partial charge in [0.25, 0.3) is 0 Å². The SMILES string of the molecule is OBO[C@@H]1CCCN1. The Morgan fingerprint density at radius 2 is 2.62 bits per heavy atom. The van der Waals surface area contributed by atoms with Crippen molar-refractivity contribution >= 4 is 7.69 Å². The van der Waals surface area contributed by atoms with E-state index in [-0.39, 0.29) is 13.9 Å². The van der Waals surface area contributed by atoms with Gasteiger partial charge in [0.05, 0.1) is 6.23 Å². The highest BCUT2D eigenvalue weighted by molar-refractivity contribution is 6.15. The normalized spacial score (nSPS) is 28.4. The second-order valence-electron chi connectivity index (χ2n) is 1.88. The molecule has 1 aliphatic rings. The Hall–Kier alpha value is -0.0551. The minimum atomic E-state index is -0.169. The molecule has 1 fully saturated rings. The molecule has 0 aromatic heterocycles. The number of hydrogen-bond donors (Lipinski definition) is 2. The topological polar surface area (TPSA) is 41.5 Å². The fourth-order valence-electron chi connectivity index (χ4n) is 0.885. The molecule has 0 aromatic carbocycles. The standard InChI is InChI=1S/C4H10BNO2/c7-5-8-4-2-1-3-6-4/h4-7H,1-3H2/t4-/m1/s1. The molecule has 1 rings (SSSR count). The number of nitrogens with one attached hydrogen (secondary N) is 1. The molecule has 1 aliphatic heterocycles. The Morgan fingerprint density at radius 1 is 1.75 bits per heavy atom. The van der Waals surface area contributed by atoms with Gasteiger partial charge < -0.3 is 9.68 Å². The minimum absolute atomic E-state index is 0.111. The Labute approximate surface area is 49.3 Å². The fourth-order valence-corrected chi connectivity index (χ4v) is 0.885. The molecule has 4 heteroatoms. The van der Waals surface area contributed by atoms with E-state index in [2.05, 4.69) is 5.32 Å². The lowest BCUT2D eigenvalue weighted by atomic mass is 10.3. The second-order valence-corrected chi connectivity index (χ2v) is 1.88. The average Bonchev–Trinajstić information content (AvgIpc) is 2.19. The molecule has 3 nitrogen and oxygen atoms in total. The largest absolute Gasteiger partial charge is 0.436 e. The smallest absolute Gasteiger partial charge is 0.430 e. The summed E-state index contributed by atoms with van der Waals surface area (Å²) < 4.78 is 4.85. The zero-order valence-corrected chi connectivity index (χ0v) is 4.76. The minimum Gasteiger partial charge on any atom is -0.430 e. The Kier molecular flexibility index (Phi) is 2.33. The van der Waals surface area contributed by atoms with Crippen molar-refractivity contribution in [2.75, 3.05) is 6.54 Å². The maximum atomic E-state index is 8.26. The van der Waals surface area contributed by atoms with Crippen LogP contribution in [-0.4, -0.2) is 25.5 Å². The van der Waals surface area contributed by atoms with Crippen LogP contribution in [0.15, 0.2) is 0 Å². The van der Waals surface area contributed by atoms with Gasteiger partial charge in [0, 0.05) is 0 Å². The summed E-state index contributed by atoms with van der Waals surface area (Å²) in [4.78, 5) is 0. The summed E-state index contributed by atoms with van der Waals surface area (Å²) in [7, 11) is -0.169. The highest BCUT2D eigenvalue weighted by Crippen LogP contribution is 2.03. The van der Waals surface area contributed by atoms with Crippen LogP contribution in [0.25, 0.3) is 0 Å². The summed E-state index contributed by atoms with van der Waals surface area (Å²) >= 11 is 0. The molecular formula is C4H10BNO2. The van der Waals surface area contributed by atoms with Gasteiger partial charge >= 0.3 is 7.69 Å². The van der Waals surface area contributed by atoms with Crippen LogP contribution in [0, 0.1) is 0 Å². The third-order valence-corrected chi connectivity index (χ3v) is 1.29. The molecule has 0 saturated carbocycles. The predicted molar refractivity (Wildman–Crippen MR) is 31.5 cm³/mol. The Balaban J connectivity index is 2.06. The molecular weight excluding hydrogens is 105 g/mol. The highest BCUT2D eigenvalue weighted by Gasteiger charge is 2.12. The molecule has 0 aliphatic carbocycles. The summed E-state index contributed by atoms with van der Waals surface area (Å²) in [6.07, 6.45) is 2.30. The van der Waals surface area contributed by atoms with Crippen LogP contribution in [0.2, 0.25) is 0 Å². The molecule has 0 radical (unpaired) electrons. The lowest BCUT2D eigenvalue weighted by molar-refractivity contribution is 0.169. The van der Waals surface area contributed by atoms with E-state index in [1.807, 2.05) is 0 Å². The van der Waals surface area contributed by atoms with Gasteiger partial charge in [-0.25, -0.2) is 0 Å². The van der Waals surface area contributed by atoms with Crippen LogP contribution >= 0.6 is 0 Å². The summed E-state index contributed by atoms with van der Waals surface area (Å²) in [5.41, 5.74) is 0.